The Bertz CT molecular complexity index is 692. The van der Waals surface area contributed by atoms with Gasteiger partial charge in [0.1, 0.15) is 12.7 Å². The van der Waals surface area contributed by atoms with E-state index in [0.717, 1.165) is 16.7 Å². The number of carbonyl (C=O) groups excluding carboxylic acids is 1. The molecule has 10 heteroatoms. The molecule has 2 amide bonds. The molecule has 1 aromatic rings. The molecule has 0 spiro atoms. The predicted octanol–water partition coefficient (Wildman–Crippen LogP) is 0.620. The number of rotatable bonds is 5. The second-order valence-corrected chi connectivity index (χ2v) is 6.94. The molecular formula is C14H18N2O7S. The lowest BCUT2D eigenvalue weighted by Gasteiger charge is -2.18. The summed E-state index contributed by atoms with van der Waals surface area (Å²) in [7, 11) is -3.79. The van der Waals surface area contributed by atoms with Crippen LogP contribution in [-0.2, 0) is 25.6 Å². The number of ether oxygens (including phenoxy) is 1. The highest BCUT2D eigenvalue weighted by Gasteiger charge is 2.39. The van der Waals surface area contributed by atoms with Crippen LogP contribution in [0.3, 0.4) is 0 Å². The highest BCUT2D eigenvalue weighted by Crippen LogP contribution is 2.16. The molecule has 2 N–H and O–H groups in total. The van der Waals surface area contributed by atoms with Gasteiger partial charge in [-0.2, -0.15) is 8.42 Å². The number of likely N-dealkylation sites (tertiary alicyclic amines) is 1. The Morgan fingerprint density at radius 2 is 1.96 bits per heavy atom. The summed E-state index contributed by atoms with van der Waals surface area (Å²) >= 11 is 0. The summed E-state index contributed by atoms with van der Waals surface area (Å²) in [4.78, 5) is 23.9. The van der Waals surface area contributed by atoms with Gasteiger partial charge in [-0.1, -0.05) is 30.3 Å². The Hall–Kier alpha value is -2.33. The van der Waals surface area contributed by atoms with Crippen molar-refractivity contribution in [3.05, 3.63) is 35.9 Å². The van der Waals surface area contributed by atoms with Crippen molar-refractivity contribution in [2.75, 3.05) is 19.3 Å². The van der Waals surface area contributed by atoms with E-state index < -0.39 is 34.5 Å². The average Bonchev–Trinajstić information content (AvgIpc) is 2.87. The quantitative estimate of drug-likeness (QED) is 0.740. The Labute approximate surface area is 139 Å². The van der Waals surface area contributed by atoms with Gasteiger partial charge in [-0.05, 0) is 5.56 Å². The second kappa shape index (κ2) is 7.49. The lowest BCUT2D eigenvalue weighted by Crippen LogP contribution is -2.44. The molecular weight excluding hydrogens is 340 g/mol. The van der Waals surface area contributed by atoms with E-state index in [4.69, 9.17) is 14.0 Å². The van der Waals surface area contributed by atoms with Gasteiger partial charge in [0.05, 0.1) is 18.8 Å². The molecule has 132 valence electrons. The molecule has 1 heterocycles. The smallest absolute Gasteiger partial charge is 0.407 e. The summed E-state index contributed by atoms with van der Waals surface area (Å²) in [5, 5.41) is 11.5. The molecule has 1 fully saturated rings. The van der Waals surface area contributed by atoms with Crippen molar-refractivity contribution in [2.24, 2.45) is 0 Å². The van der Waals surface area contributed by atoms with E-state index in [-0.39, 0.29) is 19.7 Å². The number of nitrogens with zero attached hydrogens (tertiary/aromatic N) is 1. The van der Waals surface area contributed by atoms with Crippen molar-refractivity contribution in [1.82, 2.24) is 10.2 Å². The number of amides is 2. The van der Waals surface area contributed by atoms with Crippen molar-refractivity contribution in [2.45, 2.75) is 18.8 Å². The van der Waals surface area contributed by atoms with E-state index in [1.807, 2.05) is 6.07 Å². The van der Waals surface area contributed by atoms with E-state index in [9.17, 15) is 18.0 Å². The van der Waals surface area contributed by atoms with Gasteiger partial charge < -0.3 is 20.1 Å². The fourth-order valence-electron chi connectivity index (χ4n) is 2.31. The van der Waals surface area contributed by atoms with Gasteiger partial charge in [-0.25, -0.2) is 9.59 Å². The van der Waals surface area contributed by atoms with Gasteiger partial charge in [0.15, 0.2) is 0 Å². The Balaban J connectivity index is 1.94. The van der Waals surface area contributed by atoms with Gasteiger partial charge in [0.2, 0.25) is 0 Å². The molecule has 24 heavy (non-hydrogen) atoms. The van der Waals surface area contributed by atoms with Crippen molar-refractivity contribution < 1.29 is 32.0 Å². The van der Waals surface area contributed by atoms with Crippen molar-refractivity contribution in [3.8, 4) is 0 Å². The molecule has 2 rings (SSSR count). The number of benzene rings is 1. The minimum absolute atomic E-state index is 0.0413. The molecule has 9 nitrogen and oxygen atoms in total. The molecule has 0 saturated carbocycles. The van der Waals surface area contributed by atoms with Crippen LogP contribution < -0.4 is 5.32 Å². The normalized spacial score (nSPS) is 20.6. The summed E-state index contributed by atoms with van der Waals surface area (Å²) in [6.07, 6.45) is -2.14. The zero-order valence-corrected chi connectivity index (χ0v) is 13.7. The summed E-state index contributed by atoms with van der Waals surface area (Å²) in [5.74, 6) is 0. The fraction of sp³-hybridized carbons (Fsp3) is 0.429. The molecule has 0 bridgehead atoms. The molecule has 0 radical (unpaired) electrons. The molecule has 1 aliphatic heterocycles. The summed E-state index contributed by atoms with van der Waals surface area (Å²) in [6, 6.07) is 8.17. The van der Waals surface area contributed by atoms with Gasteiger partial charge in [-0.15, -0.1) is 0 Å². The van der Waals surface area contributed by atoms with Crippen LogP contribution >= 0.6 is 0 Å². The summed E-state index contributed by atoms with van der Waals surface area (Å²) in [5.41, 5.74) is 0.787. The lowest BCUT2D eigenvalue weighted by atomic mass is 10.2. The SMILES string of the molecule is CS(=O)(=O)O[C@H]1CN(C(=O)O)C[C@@H]1NC(=O)OCc1ccccc1. The zero-order chi connectivity index (χ0) is 17.7. The van der Waals surface area contributed by atoms with Crippen LogP contribution in [0, 0.1) is 0 Å². The minimum atomic E-state index is -3.79. The molecule has 1 saturated heterocycles. The Morgan fingerprint density at radius 1 is 1.29 bits per heavy atom. The first-order valence-corrected chi connectivity index (χ1v) is 8.89. The number of alkyl carbamates (subject to hydrolysis) is 1. The first kappa shape index (κ1) is 18.0. The van der Waals surface area contributed by atoms with Crippen molar-refractivity contribution in [1.29, 1.82) is 0 Å². The molecule has 0 aromatic heterocycles. The van der Waals surface area contributed by atoms with Gasteiger partial charge in [0.25, 0.3) is 10.1 Å². The Morgan fingerprint density at radius 3 is 2.54 bits per heavy atom. The van der Waals surface area contributed by atoms with Crippen LogP contribution in [0.15, 0.2) is 30.3 Å². The van der Waals surface area contributed by atoms with E-state index in [2.05, 4.69) is 5.32 Å². The van der Waals surface area contributed by atoms with Crippen LogP contribution in [-0.4, -0.2) is 62.1 Å². The number of nitrogens with one attached hydrogen (secondary N) is 1. The number of hydrogen-bond donors (Lipinski definition) is 2. The summed E-state index contributed by atoms with van der Waals surface area (Å²) in [6.45, 7) is -0.207. The topological polar surface area (TPSA) is 122 Å². The monoisotopic (exact) mass is 358 g/mol. The maximum atomic E-state index is 11.9. The molecule has 1 aromatic carbocycles. The van der Waals surface area contributed by atoms with Crippen LogP contribution in [0.1, 0.15) is 5.56 Å². The maximum Gasteiger partial charge on any atom is 0.407 e. The highest BCUT2D eigenvalue weighted by molar-refractivity contribution is 7.86. The third-order valence-corrected chi connectivity index (χ3v) is 3.95. The van der Waals surface area contributed by atoms with Crippen LogP contribution in [0.4, 0.5) is 9.59 Å². The summed E-state index contributed by atoms with van der Waals surface area (Å²) < 4.78 is 32.4. The number of carbonyl (C=O) groups is 2. The minimum Gasteiger partial charge on any atom is -0.465 e. The number of hydrogen-bond acceptors (Lipinski definition) is 6. The largest absolute Gasteiger partial charge is 0.465 e. The van der Waals surface area contributed by atoms with Crippen molar-refractivity contribution in [3.63, 3.8) is 0 Å². The standard InChI is InChI=1S/C14H18N2O7S/c1-24(20,21)23-12-8-16(14(18)19)7-11(12)15-13(17)22-9-10-5-3-2-4-6-10/h2-6,11-12H,7-9H2,1H3,(H,15,17)(H,18,19)/t11-,12-/m0/s1. The predicted molar refractivity (Wildman–Crippen MR) is 82.9 cm³/mol. The fourth-order valence-corrected chi connectivity index (χ4v) is 2.95. The number of carboxylic acid groups (broad SMARTS) is 1. The zero-order valence-electron chi connectivity index (χ0n) is 12.9. The first-order valence-electron chi connectivity index (χ1n) is 7.08. The molecule has 0 aliphatic carbocycles. The van der Waals surface area contributed by atoms with Gasteiger partial charge in [-0.3, -0.25) is 4.18 Å². The Kier molecular flexibility index (Phi) is 5.62. The maximum absolute atomic E-state index is 11.9. The van der Waals surface area contributed by atoms with Crippen molar-refractivity contribution >= 4 is 22.3 Å². The molecule has 0 unspecified atom stereocenters. The van der Waals surface area contributed by atoms with Crippen LogP contribution in [0.2, 0.25) is 0 Å². The van der Waals surface area contributed by atoms with Gasteiger partial charge >= 0.3 is 12.2 Å². The van der Waals surface area contributed by atoms with Gasteiger partial charge in [0, 0.05) is 6.54 Å². The third kappa shape index (κ3) is 5.39. The first-order chi connectivity index (χ1) is 11.2. The molecule has 1 aliphatic rings. The van der Waals surface area contributed by atoms with E-state index >= 15 is 0 Å². The molecule has 2 atom stereocenters. The van der Waals surface area contributed by atoms with E-state index in [0.29, 0.717) is 0 Å². The third-order valence-electron chi connectivity index (χ3n) is 3.35. The average molecular weight is 358 g/mol. The van der Waals surface area contributed by atoms with E-state index in [1.54, 1.807) is 24.3 Å². The second-order valence-electron chi connectivity index (χ2n) is 5.34. The van der Waals surface area contributed by atoms with Crippen LogP contribution in [0.5, 0.6) is 0 Å². The van der Waals surface area contributed by atoms with Crippen LogP contribution in [0.25, 0.3) is 0 Å². The van der Waals surface area contributed by atoms with E-state index in [1.165, 1.54) is 0 Å². The highest BCUT2D eigenvalue weighted by atomic mass is 32.2. The lowest BCUT2D eigenvalue weighted by molar-refractivity contribution is 0.125.